The maximum absolute atomic E-state index is 12.4. The molecule has 0 aliphatic carbocycles. The van der Waals surface area contributed by atoms with Crippen molar-refractivity contribution >= 4 is 11.7 Å². The number of rotatable bonds is 8. The van der Waals surface area contributed by atoms with Crippen LogP contribution in [0.15, 0.2) is 54.6 Å². The molecule has 5 heteroatoms. The van der Waals surface area contributed by atoms with Crippen molar-refractivity contribution < 1.29 is 14.3 Å². The molecule has 2 aromatic rings. The normalized spacial score (nSPS) is 16.9. The topological polar surface area (TPSA) is 58.6 Å². The lowest BCUT2D eigenvalue weighted by molar-refractivity contribution is -0.123. The predicted octanol–water partition coefficient (Wildman–Crippen LogP) is 2.90. The number of likely N-dealkylation sites (N-methyl/N-ethyl adjacent to an activating group) is 1. The standard InChI is InChI=1S/C22H26N2O3/c1-2-24-14-6-9-19(24)15-23-21(25)16-27-20-12-10-18(11-13-20)22(26)17-7-4-3-5-8-17/h3-5,7-8,10-13,19H,2,6,9,14-16H2,1H3,(H,23,25). The van der Waals surface area contributed by atoms with Gasteiger partial charge in [-0.1, -0.05) is 37.3 Å². The summed E-state index contributed by atoms with van der Waals surface area (Å²) in [6.45, 7) is 4.92. The number of likely N-dealkylation sites (tertiary alicyclic amines) is 1. The van der Waals surface area contributed by atoms with E-state index in [0.29, 0.717) is 29.5 Å². The molecule has 1 fully saturated rings. The van der Waals surface area contributed by atoms with Gasteiger partial charge in [0.05, 0.1) is 0 Å². The summed E-state index contributed by atoms with van der Waals surface area (Å²) in [5.41, 5.74) is 1.25. The highest BCUT2D eigenvalue weighted by Crippen LogP contribution is 2.16. The molecule has 1 aliphatic heterocycles. The molecule has 0 aromatic heterocycles. The highest BCUT2D eigenvalue weighted by Gasteiger charge is 2.23. The summed E-state index contributed by atoms with van der Waals surface area (Å²) in [6, 6.07) is 16.5. The van der Waals surface area contributed by atoms with Crippen molar-refractivity contribution in [3.05, 3.63) is 65.7 Å². The third-order valence-corrected chi connectivity index (χ3v) is 4.96. The predicted molar refractivity (Wildman–Crippen MR) is 105 cm³/mol. The number of ether oxygens (including phenoxy) is 1. The summed E-state index contributed by atoms with van der Waals surface area (Å²) in [7, 11) is 0. The fourth-order valence-electron chi connectivity index (χ4n) is 3.43. The molecule has 1 amide bonds. The van der Waals surface area contributed by atoms with Crippen LogP contribution in [-0.4, -0.2) is 48.9 Å². The lowest BCUT2D eigenvalue weighted by Crippen LogP contribution is -2.41. The van der Waals surface area contributed by atoms with E-state index in [2.05, 4.69) is 17.1 Å². The van der Waals surface area contributed by atoms with Crippen LogP contribution < -0.4 is 10.1 Å². The Labute approximate surface area is 160 Å². The molecule has 142 valence electrons. The van der Waals surface area contributed by atoms with E-state index in [0.717, 1.165) is 19.5 Å². The average molecular weight is 366 g/mol. The Morgan fingerprint density at radius 1 is 1.07 bits per heavy atom. The summed E-state index contributed by atoms with van der Waals surface area (Å²) < 4.78 is 5.54. The largest absolute Gasteiger partial charge is 0.484 e. The van der Waals surface area contributed by atoms with Crippen molar-refractivity contribution in [2.24, 2.45) is 0 Å². The molecule has 3 rings (SSSR count). The highest BCUT2D eigenvalue weighted by molar-refractivity contribution is 6.08. The first-order valence-electron chi connectivity index (χ1n) is 9.50. The third kappa shape index (κ3) is 5.17. The van der Waals surface area contributed by atoms with Gasteiger partial charge in [-0.3, -0.25) is 14.5 Å². The molecule has 0 saturated carbocycles. The van der Waals surface area contributed by atoms with Gasteiger partial charge < -0.3 is 10.1 Å². The number of nitrogens with one attached hydrogen (secondary N) is 1. The molecule has 1 N–H and O–H groups in total. The van der Waals surface area contributed by atoms with E-state index in [9.17, 15) is 9.59 Å². The van der Waals surface area contributed by atoms with Gasteiger partial charge in [0.2, 0.25) is 0 Å². The zero-order valence-corrected chi connectivity index (χ0v) is 15.7. The monoisotopic (exact) mass is 366 g/mol. The molecule has 5 nitrogen and oxygen atoms in total. The van der Waals surface area contributed by atoms with Crippen LogP contribution >= 0.6 is 0 Å². The number of carbonyl (C=O) groups is 2. The Morgan fingerprint density at radius 3 is 2.48 bits per heavy atom. The smallest absolute Gasteiger partial charge is 0.257 e. The van der Waals surface area contributed by atoms with Gasteiger partial charge in [0.15, 0.2) is 12.4 Å². The van der Waals surface area contributed by atoms with Crippen molar-refractivity contribution in [2.75, 3.05) is 26.2 Å². The van der Waals surface area contributed by atoms with Gasteiger partial charge >= 0.3 is 0 Å². The van der Waals surface area contributed by atoms with Gasteiger partial charge in [-0.2, -0.15) is 0 Å². The summed E-state index contributed by atoms with van der Waals surface area (Å²) in [6.07, 6.45) is 2.32. The molecule has 0 radical (unpaired) electrons. The van der Waals surface area contributed by atoms with Crippen LogP contribution in [0.4, 0.5) is 0 Å². The number of carbonyl (C=O) groups excluding carboxylic acids is 2. The average Bonchev–Trinajstić information content (AvgIpc) is 3.19. The van der Waals surface area contributed by atoms with Crippen LogP contribution in [0.3, 0.4) is 0 Å². The maximum Gasteiger partial charge on any atom is 0.257 e. The van der Waals surface area contributed by atoms with Crippen LogP contribution in [0.1, 0.15) is 35.7 Å². The number of nitrogens with zero attached hydrogens (tertiary/aromatic N) is 1. The Morgan fingerprint density at radius 2 is 1.78 bits per heavy atom. The van der Waals surface area contributed by atoms with Crippen molar-refractivity contribution in [1.29, 1.82) is 0 Å². The Bertz CT molecular complexity index is 759. The first-order valence-corrected chi connectivity index (χ1v) is 9.50. The van der Waals surface area contributed by atoms with E-state index in [4.69, 9.17) is 4.74 Å². The van der Waals surface area contributed by atoms with Gasteiger partial charge in [-0.25, -0.2) is 0 Å². The molecular weight excluding hydrogens is 340 g/mol. The van der Waals surface area contributed by atoms with E-state index in [1.807, 2.05) is 18.2 Å². The molecule has 1 heterocycles. The van der Waals surface area contributed by atoms with E-state index >= 15 is 0 Å². The van der Waals surface area contributed by atoms with Gasteiger partial charge in [-0.15, -0.1) is 0 Å². The summed E-state index contributed by atoms with van der Waals surface area (Å²) in [4.78, 5) is 26.8. The van der Waals surface area contributed by atoms with Crippen LogP contribution in [0.5, 0.6) is 5.75 Å². The molecule has 27 heavy (non-hydrogen) atoms. The molecule has 1 atom stereocenters. The third-order valence-electron chi connectivity index (χ3n) is 4.96. The Hall–Kier alpha value is -2.66. The lowest BCUT2D eigenvalue weighted by Gasteiger charge is -2.22. The van der Waals surface area contributed by atoms with Crippen molar-refractivity contribution in [2.45, 2.75) is 25.8 Å². The minimum atomic E-state index is -0.123. The molecule has 0 spiro atoms. The SMILES string of the molecule is CCN1CCCC1CNC(=O)COc1ccc(C(=O)c2ccccc2)cc1. The molecule has 0 bridgehead atoms. The van der Waals surface area contributed by atoms with Gasteiger partial charge in [-0.05, 0) is 50.2 Å². The Kier molecular flexibility index (Phi) is 6.60. The number of benzene rings is 2. The minimum Gasteiger partial charge on any atom is -0.484 e. The highest BCUT2D eigenvalue weighted by atomic mass is 16.5. The first kappa shape index (κ1) is 19.1. The van der Waals surface area contributed by atoms with E-state index in [-0.39, 0.29) is 18.3 Å². The summed E-state index contributed by atoms with van der Waals surface area (Å²) >= 11 is 0. The number of ketones is 1. The maximum atomic E-state index is 12.4. The van der Waals surface area contributed by atoms with E-state index in [1.54, 1.807) is 36.4 Å². The van der Waals surface area contributed by atoms with Crippen LogP contribution in [0.25, 0.3) is 0 Å². The first-order chi connectivity index (χ1) is 13.2. The number of hydrogen-bond donors (Lipinski definition) is 1. The van der Waals surface area contributed by atoms with Crippen LogP contribution in [0, 0.1) is 0 Å². The summed E-state index contributed by atoms with van der Waals surface area (Å²) in [5.74, 6) is 0.421. The molecular formula is C22H26N2O3. The van der Waals surface area contributed by atoms with Crippen molar-refractivity contribution in [1.82, 2.24) is 10.2 Å². The van der Waals surface area contributed by atoms with Gasteiger partial charge in [0.1, 0.15) is 5.75 Å². The second-order valence-corrected chi connectivity index (χ2v) is 6.74. The quantitative estimate of drug-likeness (QED) is 0.730. The molecule has 1 unspecified atom stereocenters. The molecule has 2 aromatic carbocycles. The van der Waals surface area contributed by atoms with Gasteiger partial charge in [0.25, 0.3) is 5.91 Å². The fourth-order valence-corrected chi connectivity index (χ4v) is 3.43. The Balaban J connectivity index is 1.46. The summed E-state index contributed by atoms with van der Waals surface area (Å²) in [5, 5.41) is 2.95. The lowest BCUT2D eigenvalue weighted by atomic mass is 10.0. The van der Waals surface area contributed by atoms with Gasteiger partial charge in [0, 0.05) is 23.7 Å². The zero-order valence-electron chi connectivity index (χ0n) is 15.7. The van der Waals surface area contributed by atoms with E-state index < -0.39 is 0 Å². The zero-order chi connectivity index (χ0) is 19.1. The number of amides is 1. The van der Waals surface area contributed by atoms with Crippen LogP contribution in [-0.2, 0) is 4.79 Å². The van der Waals surface area contributed by atoms with Crippen LogP contribution in [0.2, 0.25) is 0 Å². The second kappa shape index (κ2) is 9.33. The van der Waals surface area contributed by atoms with Crippen molar-refractivity contribution in [3.8, 4) is 5.75 Å². The van der Waals surface area contributed by atoms with E-state index in [1.165, 1.54) is 6.42 Å². The minimum absolute atomic E-state index is 0.0230. The second-order valence-electron chi connectivity index (χ2n) is 6.74. The molecule has 1 saturated heterocycles. The van der Waals surface area contributed by atoms with Crippen molar-refractivity contribution in [3.63, 3.8) is 0 Å². The fraction of sp³-hybridized carbons (Fsp3) is 0.364. The number of hydrogen-bond acceptors (Lipinski definition) is 4. The molecule has 1 aliphatic rings.